The molecule has 0 heterocycles. The van der Waals surface area contributed by atoms with Gasteiger partial charge >= 0.3 is 6.18 Å². The lowest BCUT2D eigenvalue weighted by molar-refractivity contribution is -0.128. The zero-order chi connectivity index (χ0) is 11.6. The van der Waals surface area contributed by atoms with Crippen molar-refractivity contribution in [3.63, 3.8) is 0 Å². The van der Waals surface area contributed by atoms with E-state index in [1.54, 1.807) is 0 Å². The molecule has 1 nitrogen and oxygen atoms in total. The number of benzene rings is 1. The van der Waals surface area contributed by atoms with E-state index in [1.165, 1.54) is 7.11 Å². The van der Waals surface area contributed by atoms with Gasteiger partial charge in [-0.05, 0) is 17.7 Å². The average molecular weight is 287 g/mol. The van der Waals surface area contributed by atoms with Crippen LogP contribution in [0.4, 0.5) is 17.6 Å². The van der Waals surface area contributed by atoms with Gasteiger partial charge in [-0.3, -0.25) is 0 Å². The third kappa shape index (κ3) is 2.84. The van der Waals surface area contributed by atoms with Crippen molar-refractivity contribution in [3.05, 3.63) is 29.6 Å². The lowest BCUT2D eigenvalue weighted by Gasteiger charge is -2.14. The Morgan fingerprint density at radius 3 is 2.33 bits per heavy atom. The number of halogens is 5. The number of hydrogen-bond donors (Lipinski definition) is 0. The van der Waals surface area contributed by atoms with Crippen LogP contribution >= 0.6 is 15.9 Å². The molecule has 1 rings (SSSR count). The van der Waals surface area contributed by atoms with Crippen LogP contribution in [0.15, 0.2) is 18.2 Å². The maximum atomic E-state index is 13.1. The second-order valence-electron chi connectivity index (χ2n) is 2.80. The number of rotatable bonds is 2. The lowest BCUT2D eigenvalue weighted by atomic mass is 10.1. The minimum atomic E-state index is -4.44. The largest absolute Gasteiger partial charge is 0.494 e. The van der Waals surface area contributed by atoms with Crippen molar-refractivity contribution in [1.82, 2.24) is 0 Å². The van der Waals surface area contributed by atoms with E-state index in [2.05, 4.69) is 20.7 Å². The molecule has 1 aromatic rings. The zero-order valence-corrected chi connectivity index (χ0v) is 9.19. The maximum absolute atomic E-state index is 13.1. The van der Waals surface area contributed by atoms with Gasteiger partial charge in [0, 0.05) is 0 Å². The van der Waals surface area contributed by atoms with Crippen molar-refractivity contribution < 1.29 is 22.3 Å². The molecule has 0 aliphatic heterocycles. The first kappa shape index (κ1) is 12.3. The monoisotopic (exact) mass is 286 g/mol. The van der Waals surface area contributed by atoms with Gasteiger partial charge in [0.2, 0.25) is 0 Å². The van der Waals surface area contributed by atoms with Crippen LogP contribution in [0.25, 0.3) is 0 Å². The Bertz CT molecular complexity index is 350. The predicted molar refractivity (Wildman–Crippen MR) is 50.7 cm³/mol. The number of hydrogen-bond acceptors (Lipinski definition) is 1. The summed E-state index contributed by atoms with van der Waals surface area (Å²) >= 11 is 2.45. The molecule has 0 fully saturated rings. The van der Waals surface area contributed by atoms with Crippen molar-refractivity contribution in [3.8, 4) is 5.75 Å². The fraction of sp³-hybridized carbons (Fsp3) is 0.333. The molecule has 0 N–H and O–H groups in total. The summed E-state index contributed by atoms with van der Waals surface area (Å²) in [6.45, 7) is 0. The van der Waals surface area contributed by atoms with Crippen LogP contribution in [0, 0.1) is 5.82 Å². The summed E-state index contributed by atoms with van der Waals surface area (Å²) in [5, 5.41) is 0. The van der Waals surface area contributed by atoms with Gasteiger partial charge in [0.25, 0.3) is 0 Å². The SMILES string of the molecule is COc1ccc(C(Br)C(F)(F)F)cc1F. The van der Waals surface area contributed by atoms with Gasteiger partial charge in [-0.15, -0.1) is 0 Å². The number of ether oxygens (including phenoxy) is 1. The van der Waals surface area contributed by atoms with Crippen LogP contribution in [0.3, 0.4) is 0 Å². The van der Waals surface area contributed by atoms with Crippen molar-refractivity contribution in [2.75, 3.05) is 7.11 Å². The van der Waals surface area contributed by atoms with E-state index >= 15 is 0 Å². The van der Waals surface area contributed by atoms with Crippen LogP contribution in [0.2, 0.25) is 0 Å². The van der Waals surface area contributed by atoms with Crippen LogP contribution in [-0.2, 0) is 0 Å². The van der Waals surface area contributed by atoms with Gasteiger partial charge in [-0.25, -0.2) is 4.39 Å². The first-order chi connectivity index (χ1) is 6.86. The third-order valence-corrected chi connectivity index (χ3v) is 2.80. The molecule has 6 heteroatoms. The molecule has 1 atom stereocenters. The molecule has 0 saturated carbocycles. The first-order valence-electron chi connectivity index (χ1n) is 3.90. The van der Waals surface area contributed by atoms with Crippen LogP contribution in [-0.4, -0.2) is 13.3 Å². The van der Waals surface area contributed by atoms with Gasteiger partial charge in [-0.2, -0.15) is 13.2 Å². The van der Waals surface area contributed by atoms with Crippen LogP contribution in [0.5, 0.6) is 5.75 Å². The molecule has 0 amide bonds. The average Bonchev–Trinajstić information content (AvgIpc) is 2.15. The number of methoxy groups -OCH3 is 1. The molecule has 1 unspecified atom stereocenters. The molecule has 0 aliphatic rings. The van der Waals surface area contributed by atoms with Crippen molar-refractivity contribution in [2.24, 2.45) is 0 Å². The van der Waals surface area contributed by atoms with Gasteiger partial charge in [0.05, 0.1) is 7.11 Å². The Labute approximate surface area is 92.2 Å². The molecule has 0 aromatic heterocycles. The maximum Gasteiger partial charge on any atom is 0.405 e. The van der Waals surface area contributed by atoms with E-state index in [4.69, 9.17) is 0 Å². The van der Waals surface area contributed by atoms with Gasteiger partial charge in [0.1, 0.15) is 4.83 Å². The fourth-order valence-corrected chi connectivity index (χ4v) is 1.31. The van der Waals surface area contributed by atoms with E-state index < -0.39 is 16.8 Å². The van der Waals surface area contributed by atoms with Crippen LogP contribution < -0.4 is 4.74 Å². The highest BCUT2D eigenvalue weighted by molar-refractivity contribution is 9.09. The molecule has 15 heavy (non-hydrogen) atoms. The zero-order valence-electron chi connectivity index (χ0n) is 7.61. The lowest BCUT2D eigenvalue weighted by Crippen LogP contribution is -2.15. The van der Waals surface area contributed by atoms with Gasteiger partial charge < -0.3 is 4.74 Å². The highest BCUT2D eigenvalue weighted by Gasteiger charge is 2.39. The smallest absolute Gasteiger partial charge is 0.405 e. The van der Waals surface area contributed by atoms with Crippen LogP contribution in [0.1, 0.15) is 10.4 Å². The summed E-state index contributed by atoms with van der Waals surface area (Å²) in [7, 11) is 1.24. The minimum absolute atomic E-state index is 0.0828. The molecule has 0 bridgehead atoms. The Morgan fingerprint density at radius 1 is 1.33 bits per heavy atom. The highest BCUT2D eigenvalue weighted by Crippen LogP contribution is 2.40. The van der Waals surface area contributed by atoms with E-state index in [0.29, 0.717) is 0 Å². The molecular weight excluding hydrogens is 280 g/mol. The minimum Gasteiger partial charge on any atom is -0.494 e. The molecule has 0 saturated heterocycles. The summed E-state index contributed by atoms with van der Waals surface area (Å²) in [6.07, 6.45) is -4.44. The van der Waals surface area contributed by atoms with Crippen molar-refractivity contribution >= 4 is 15.9 Å². The summed E-state index contributed by atoms with van der Waals surface area (Å²) in [4.78, 5) is -1.87. The molecule has 0 radical (unpaired) electrons. The van der Waals surface area contributed by atoms with Gasteiger partial charge in [-0.1, -0.05) is 22.0 Å². The molecule has 1 aromatic carbocycles. The molecule has 84 valence electrons. The standard InChI is InChI=1S/C9H7BrF4O/c1-15-7-3-2-5(4-6(7)11)8(10)9(12,13)14/h2-4,8H,1H3. The molecule has 0 spiro atoms. The summed E-state index contributed by atoms with van der Waals surface area (Å²) < 4.78 is 54.4. The second kappa shape index (κ2) is 4.38. The van der Waals surface area contributed by atoms with E-state index in [1.807, 2.05) is 0 Å². The Morgan fingerprint density at radius 2 is 1.93 bits per heavy atom. The normalized spacial score (nSPS) is 13.7. The third-order valence-electron chi connectivity index (χ3n) is 1.76. The van der Waals surface area contributed by atoms with Crippen molar-refractivity contribution in [1.29, 1.82) is 0 Å². The van der Waals surface area contributed by atoms with E-state index in [0.717, 1.165) is 18.2 Å². The van der Waals surface area contributed by atoms with Crippen molar-refractivity contribution in [2.45, 2.75) is 11.0 Å². The van der Waals surface area contributed by atoms with E-state index in [-0.39, 0.29) is 11.3 Å². The Hall–Kier alpha value is -0.780. The first-order valence-corrected chi connectivity index (χ1v) is 4.82. The fourth-order valence-electron chi connectivity index (χ4n) is 1.03. The predicted octanol–water partition coefficient (Wildman–Crippen LogP) is 3.83. The summed E-state index contributed by atoms with van der Waals surface area (Å²) in [5.41, 5.74) is -0.194. The molecular formula is C9H7BrF4O. The number of alkyl halides is 4. The topological polar surface area (TPSA) is 9.23 Å². The molecule has 0 aliphatic carbocycles. The summed E-state index contributed by atoms with van der Waals surface area (Å²) in [5.74, 6) is -0.899. The quantitative estimate of drug-likeness (QED) is 0.593. The highest BCUT2D eigenvalue weighted by atomic mass is 79.9. The van der Waals surface area contributed by atoms with E-state index in [9.17, 15) is 17.6 Å². The second-order valence-corrected chi connectivity index (χ2v) is 3.71. The van der Waals surface area contributed by atoms with Gasteiger partial charge in [0.15, 0.2) is 11.6 Å². The Kier molecular flexibility index (Phi) is 3.59. The Balaban J connectivity index is 3.02. The summed E-state index contributed by atoms with van der Waals surface area (Å²) in [6, 6.07) is 3.12.